The van der Waals surface area contributed by atoms with Crippen molar-refractivity contribution in [2.75, 3.05) is 13.7 Å². The Hall–Kier alpha value is -2.24. The van der Waals surface area contributed by atoms with Gasteiger partial charge >= 0.3 is 0 Å². The summed E-state index contributed by atoms with van der Waals surface area (Å²) in [4.78, 5) is 29.4. The van der Waals surface area contributed by atoms with E-state index in [-0.39, 0.29) is 17.6 Å². The monoisotopic (exact) mass is 259 g/mol. The fraction of sp³-hybridized carbons (Fsp3) is 0.385. The van der Waals surface area contributed by atoms with Crippen LogP contribution >= 0.6 is 0 Å². The summed E-state index contributed by atoms with van der Waals surface area (Å²) in [6.45, 7) is 0.741. The van der Waals surface area contributed by atoms with Crippen molar-refractivity contribution in [3.05, 3.63) is 22.6 Å². The highest BCUT2D eigenvalue weighted by atomic mass is 16.5. The number of hydrogen-bond donors (Lipinski definition) is 0. The topological polar surface area (TPSA) is 71.3 Å². The molecule has 0 saturated carbocycles. The molecule has 2 heterocycles. The van der Waals surface area contributed by atoms with Crippen molar-refractivity contribution in [2.24, 2.45) is 10.2 Å². The summed E-state index contributed by atoms with van der Waals surface area (Å²) in [5.41, 5.74) is 1.10. The minimum atomic E-state index is -0.0641. The highest BCUT2D eigenvalue weighted by molar-refractivity contribution is 6.03. The lowest BCUT2D eigenvalue weighted by atomic mass is 10.1. The maximum Gasteiger partial charge on any atom is 0.256 e. The molecule has 19 heavy (non-hydrogen) atoms. The Bertz CT molecular complexity index is 583. The summed E-state index contributed by atoms with van der Waals surface area (Å²) in [6, 6.07) is 3.10. The molecule has 1 aromatic rings. The Balaban J connectivity index is 2.14. The molecule has 0 aliphatic carbocycles. The normalized spacial score (nSPS) is 20.8. The van der Waals surface area contributed by atoms with Crippen LogP contribution in [-0.2, 0) is 0 Å². The Morgan fingerprint density at radius 1 is 1.47 bits per heavy atom. The zero-order valence-electron chi connectivity index (χ0n) is 10.5. The molecule has 0 bridgehead atoms. The number of nitrogens with zero attached hydrogens (tertiary/aromatic N) is 3. The number of hydrogen-bond acceptors (Lipinski definition) is 5. The van der Waals surface area contributed by atoms with Crippen LogP contribution in [0.15, 0.2) is 22.3 Å². The molecule has 1 atom stereocenters. The molecule has 1 fully saturated rings. The Morgan fingerprint density at radius 3 is 3.05 bits per heavy atom. The lowest BCUT2D eigenvalue weighted by Gasteiger charge is -2.20. The highest BCUT2D eigenvalue weighted by Gasteiger charge is 2.32. The number of aliphatic imine (C=N–C) groups is 1. The summed E-state index contributed by atoms with van der Waals surface area (Å²) in [5, 5.41) is 2.90. The quantitative estimate of drug-likeness (QED) is 0.765. The second-order valence-electron chi connectivity index (χ2n) is 4.62. The third-order valence-corrected chi connectivity index (χ3v) is 3.57. The first-order chi connectivity index (χ1) is 9.24. The Labute approximate surface area is 110 Å². The lowest BCUT2D eigenvalue weighted by molar-refractivity contribution is 0.0774. The number of carbonyl (C=O) groups is 1. The van der Waals surface area contributed by atoms with Crippen molar-refractivity contribution in [2.45, 2.75) is 18.9 Å². The summed E-state index contributed by atoms with van der Waals surface area (Å²) in [5.74, 6) is 0.237. The number of benzene rings is 1. The van der Waals surface area contributed by atoms with E-state index >= 15 is 0 Å². The van der Waals surface area contributed by atoms with E-state index in [1.165, 1.54) is 13.2 Å². The van der Waals surface area contributed by atoms with Crippen molar-refractivity contribution in [3.63, 3.8) is 0 Å². The average molecular weight is 259 g/mol. The van der Waals surface area contributed by atoms with Gasteiger partial charge in [-0.15, -0.1) is 4.91 Å². The first-order valence-electron chi connectivity index (χ1n) is 6.15. The van der Waals surface area contributed by atoms with Gasteiger partial charge in [0.05, 0.1) is 24.4 Å². The number of fused-ring (bicyclic) bond motifs is 2. The van der Waals surface area contributed by atoms with E-state index in [1.807, 2.05) is 4.90 Å². The zero-order chi connectivity index (χ0) is 13.4. The van der Waals surface area contributed by atoms with Crippen molar-refractivity contribution in [1.82, 2.24) is 4.90 Å². The minimum absolute atomic E-state index is 0.0542. The highest BCUT2D eigenvalue weighted by Crippen LogP contribution is 2.37. The van der Waals surface area contributed by atoms with Crippen molar-refractivity contribution in [1.29, 1.82) is 0 Å². The third-order valence-electron chi connectivity index (χ3n) is 3.57. The van der Waals surface area contributed by atoms with Crippen LogP contribution in [0.1, 0.15) is 23.2 Å². The second kappa shape index (κ2) is 4.46. The third kappa shape index (κ3) is 1.80. The number of methoxy groups -OCH3 is 1. The van der Waals surface area contributed by atoms with Crippen LogP contribution in [0, 0.1) is 4.91 Å². The van der Waals surface area contributed by atoms with Crippen molar-refractivity contribution in [3.8, 4) is 5.75 Å². The molecule has 0 unspecified atom stereocenters. The van der Waals surface area contributed by atoms with Crippen molar-refractivity contribution < 1.29 is 9.53 Å². The van der Waals surface area contributed by atoms with Crippen LogP contribution in [0.5, 0.6) is 5.75 Å². The molecule has 1 amide bonds. The predicted octanol–water partition coefficient (Wildman–Crippen LogP) is 2.41. The molecule has 0 N–H and O–H groups in total. The molecule has 6 nitrogen and oxygen atoms in total. The van der Waals surface area contributed by atoms with E-state index in [9.17, 15) is 9.70 Å². The van der Waals surface area contributed by atoms with Crippen LogP contribution in [0.4, 0.5) is 11.4 Å². The first kappa shape index (κ1) is 11.8. The SMILES string of the molecule is COc1cc2c(cc1N=O)N=C[C@@H]1CCCN1C2=O. The largest absolute Gasteiger partial charge is 0.494 e. The van der Waals surface area contributed by atoms with Gasteiger partial charge in [-0.1, -0.05) is 0 Å². The maximum atomic E-state index is 12.5. The Kier molecular flexibility index (Phi) is 2.77. The van der Waals surface area contributed by atoms with Gasteiger partial charge in [0.1, 0.15) is 5.75 Å². The molecule has 98 valence electrons. The summed E-state index contributed by atoms with van der Waals surface area (Å²) < 4.78 is 5.09. The number of amides is 1. The van der Waals surface area contributed by atoms with E-state index in [2.05, 4.69) is 10.2 Å². The molecule has 2 aliphatic rings. The van der Waals surface area contributed by atoms with Gasteiger partial charge < -0.3 is 9.64 Å². The van der Waals surface area contributed by atoms with Gasteiger partial charge in [-0.2, -0.15) is 0 Å². The van der Waals surface area contributed by atoms with Gasteiger partial charge in [-0.25, -0.2) is 0 Å². The molecule has 2 aliphatic heterocycles. The Morgan fingerprint density at radius 2 is 2.32 bits per heavy atom. The van der Waals surface area contributed by atoms with Gasteiger partial charge in [0.25, 0.3) is 5.91 Å². The minimum Gasteiger partial charge on any atom is -0.494 e. The van der Waals surface area contributed by atoms with E-state index in [0.717, 1.165) is 19.4 Å². The van der Waals surface area contributed by atoms with Gasteiger partial charge in [0.15, 0.2) is 5.69 Å². The summed E-state index contributed by atoms with van der Waals surface area (Å²) >= 11 is 0. The number of carbonyl (C=O) groups excluding carboxylic acids is 1. The first-order valence-corrected chi connectivity index (χ1v) is 6.15. The molecule has 0 aromatic heterocycles. The molecule has 3 rings (SSSR count). The molecule has 1 aromatic carbocycles. The van der Waals surface area contributed by atoms with Crippen LogP contribution in [-0.4, -0.2) is 36.7 Å². The van der Waals surface area contributed by atoms with E-state index < -0.39 is 0 Å². The van der Waals surface area contributed by atoms with E-state index in [0.29, 0.717) is 17.0 Å². The van der Waals surface area contributed by atoms with Gasteiger partial charge in [-0.05, 0) is 30.2 Å². The van der Waals surface area contributed by atoms with Crippen LogP contribution < -0.4 is 4.74 Å². The van der Waals surface area contributed by atoms with Gasteiger partial charge in [-0.3, -0.25) is 9.79 Å². The second-order valence-corrected chi connectivity index (χ2v) is 4.62. The summed E-state index contributed by atoms with van der Waals surface area (Å²) in [7, 11) is 1.44. The number of ether oxygens (including phenoxy) is 1. The lowest BCUT2D eigenvalue weighted by Crippen LogP contribution is -2.35. The number of nitroso groups, excluding NO2 is 1. The predicted molar refractivity (Wildman–Crippen MR) is 70.7 cm³/mol. The fourth-order valence-electron chi connectivity index (χ4n) is 2.59. The maximum absolute atomic E-state index is 12.5. The van der Waals surface area contributed by atoms with Crippen LogP contribution in [0.2, 0.25) is 0 Å². The van der Waals surface area contributed by atoms with Crippen LogP contribution in [0.25, 0.3) is 0 Å². The van der Waals surface area contributed by atoms with Crippen molar-refractivity contribution >= 4 is 23.5 Å². The van der Waals surface area contributed by atoms with Gasteiger partial charge in [0, 0.05) is 12.8 Å². The van der Waals surface area contributed by atoms with Gasteiger partial charge in [0.2, 0.25) is 0 Å². The standard InChI is InChI=1S/C13H13N3O3/c1-19-12-5-9-10(6-11(12)15-18)14-7-8-3-2-4-16(8)13(9)17/h5-8H,2-4H2,1H3/t8-/m0/s1. The molecule has 1 saturated heterocycles. The molecule has 6 heteroatoms. The smallest absolute Gasteiger partial charge is 0.256 e. The number of rotatable bonds is 2. The molecule has 0 radical (unpaired) electrons. The van der Waals surface area contributed by atoms with E-state index in [4.69, 9.17) is 4.74 Å². The molecule has 0 spiro atoms. The average Bonchev–Trinajstić information content (AvgIpc) is 2.87. The fourth-order valence-corrected chi connectivity index (χ4v) is 2.59. The summed E-state index contributed by atoms with van der Waals surface area (Å²) in [6.07, 6.45) is 3.69. The molecular formula is C13H13N3O3. The van der Waals surface area contributed by atoms with E-state index in [1.54, 1.807) is 12.3 Å². The van der Waals surface area contributed by atoms with Crippen LogP contribution in [0.3, 0.4) is 0 Å². The zero-order valence-corrected chi connectivity index (χ0v) is 10.5. The molecular weight excluding hydrogens is 246 g/mol.